The Bertz CT molecular complexity index is 2590. The second-order valence-electron chi connectivity index (χ2n) is 21.9. The third kappa shape index (κ3) is 5.97. The van der Waals surface area contributed by atoms with Gasteiger partial charge in [-0.2, -0.15) is 0 Å². The van der Waals surface area contributed by atoms with E-state index in [-0.39, 0.29) is 28.4 Å². The Balaban J connectivity index is 1.39. The first kappa shape index (κ1) is 38.1. The predicted molar refractivity (Wildman–Crippen MR) is 251 cm³/mol. The van der Waals surface area contributed by atoms with Gasteiger partial charge in [0.15, 0.2) is 0 Å². The first-order chi connectivity index (χ1) is 26.5. The van der Waals surface area contributed by atoms with Gasteiger partial charge in [-0.1, -0.05) is 130 Å². The number of aryl methyl sites for hydroxylation is 1. The molecule has 1 aliphatic carbocycles. The molecule has 2 aliphatic heterocycles. The Morgan fingerprint density at radius 1 is 0.614 bits per heavy atom. The lowest BCUT2D eigenvalue weighted by Crippen LogP contribution is -2.61. The van der Waals surface area contributed by atoms with Gasteiger partial charge in [-0.25, -0.2) is 0 Å². The van der Waals surface area contributed by atoms with Crippen molar-refractivity contribution < 1.29 is 4.42 Å². The first-order valence-electron chi connectivity index (χ1n) is 21.3. The fourth-order valence-electron chi connectivity index (χ4n) is 9.92. The number of benzene rings is 5. The summed E-state index contributed by atoms with van der Waals surface area (Å²) in [4.78, 5) is 5.09. The van der Waals surface area contributed by atoms with E-state index < -0.39 is 8.07 Å². The maximum Gasteiger partial charge on any atom is 0.297 e. The fourth-order valence-corrected chi connectivity index (χ4v) is 11.1. The predicted octanol–water partition coefficient (Wildman–Crippen LogP) is 12.3. The van der Waals surface area contributed by atoms with Gasteiger partial charge in [0.2, 0.25) is 0 Å². The molecule has 9 rings (SSSR count). The van der Waals surface area contributed by atoms with E-state index in [9.17, 15) is 0 Å². The molecule has 3 aliphatic rings. The molecule has 3 nitrogen and oxygen atoms in total. The smallest absolute Gasteiger partial charge is 0.297 e. The number of anilines is 6. The zero-order valence-corrected chi connectivity index (χ0v) is 38.0. The second-order valence-corrected chi connectivity index (χ2v) is 27.0. The second kappa shape index (κ2) is 12.3. The van der Waals surface area contributed by atoms with Crippen molar-refractivity contribution in [1.29, 1.82) is 0 Å². The van der Waals surface area contributed by atoms with Crippen LogP contribution in [-0.4, -0.2) is 14.8 Å². The molecule has 5 aromatic carbocycles. The number of rotatable bonds is 3. The molecule has 0 unspecified atom stereocenters. The zero-order valence-electron chi connectivity index (χ0n) is 37.0. The molecule has 1 aromatic heterocycles. The molecule has 0 bridgehead atoms. The summed E-state index contributed by atoms with van der Waals surface area (Å²) in [6, 6.07) is 35.8. The molecule has 3 heterocycles. The van der Waals surface area contributed by atoms with Gasteiger partial charge in [0, 0.05) is 33.8 Å². The lowest BCUT2D eigenvalue weighted by molar-refractivity contribution is 0.332. The minimum absolute atomic E-state index is 0.0175. The van der Waals surface area contributed by atoms with Gasteiger partial charge >= 0.3 is 0 Å². The van der Waals surface area contributed by atoms with Gasteiger partial charge in [-0.05, 0) is 135 Å². The highest BCUT2D eigenvalue weighted by Crippen LogP contribution is 2.51. The minimum Gasteiger partial charge on any atom is -0.468 e. The molecule has 0 saturated heterocycles. The van der Waals surface area contributed by atoms with E-state index in [0.717, 1.165) is 11.2 Å². The number of hydrogen-bond donors (Lipinski definition) is 0. The maximum absolute atomic E-state index is 7.45. The van der Waals surface area contributed by atoms with Crippen molar-refractivity contribution >= 4 is 81.7 Å². The number of fused-ring (bicyclic) bond motifs is 7. The monoisotopic (exact) mass is 768 g/mol. The van der Waals surface area contributed by atoms with E-state index in [1.54, 1.807) is 0 Å². The lowest BCUT2D eigenvalue weighted by atomic mass is 9.35. The maximum atomic E-state index is 7.45. The summed E-state index contributed by atoms with van der Waals surface area (Å²) in [7, 11) is -1.52. The summed E-state index contributed by atoms with van der Waals surface area (Å²) in [5.74, 6) is 0. The summed E-state index contributed by atoms with van der Waals surface area (Å²) < 4.78 is 7.45. The molecule has 57 heavy (non-hydrogen) atoms. The van der Waals surface area contributed by atoms with Crippen LogP contribution >= 0.6 is 0 Å². The van der Waals surface area contributed by atoms with Crippen LogP contribution < -0.4 is 31.6 Å². The zero-order chi connectivity index (χ0) is 40.8. The molecule has 6 aromatic rings. The lowest BCUT2D eigenvalue weighted by Gasteiger charge is -2.43. The summed E-state index contributed by atoms with van der Waals surface area (Å²) in [6.45, 7) is 33.1. The quantitative estimate of drug-likeness (QED) is 0.167. The van der Waals surface area contributed by atoms with Gasteiger partial charge in [0.25, 0.3) is 6.71 Å². The molecule has 0 amide bonds. The van der Waals surface area contributed by atoms with E-state index >= 15 is 0 Å². The molecule has 0 atom stereocenters. The number of hydrogen-bond acceptors (Lipinski definition) is 3. The van der Waals surface area contributed by atoms with Crippen molar-refractivity contribution in [3.63, 3.8) is 0 Å². The normalized spacial score (nSPS) is 17.0. The van der Waals surface area contributed by atoms with E-state index in [4.69, 9.17) is 4.42 Å². The number of nitrogens with zero attached hydrogens (tertiary/aromatic N) is 2. The van der Waals surface area contributed by atoms with Crippen LogP contribution in [0.2, 0.25) is 19.6 Å². The Kier molecular flexibility index (Phi) is 8.19. The highest BCUT2D eigenvalue weighted by molar-refractivity contribution is 7.00. The molecule has 0 fully saturated rings. The first-order valence-corrected chi connectivity index (χ1v) is 24.8. The summed E-state index contributed by atoms with van der Waals surface area (Å²) in [5.41, 5.74) is 18.9. The van der Waals surface area contributed by atoms with Crippen molar-refractivity contribution in [2.75, 3.05) is 9.80 Å². The van der Waals surface area contributed by atoms with Crippen molar-refractivity contribution in [3.8, 4) is 0 Å². The van der Waals surface area contributed by atoms with Crippen molar-refractivity contribution in [1.82, 2.24) is 0 Å². The van der Waals surface area contributed by atoms with Gasteiger partial charge in [0.1, 0.15) is 5.58 Å². The molecule has 292 valence electrons. The van der Waals surface area contributed by atoms with Gasteiger partial charge in [-0.15, -0.1) is 0 Å². The molecular weight excluding hydrogens is 707 g/mol. The van der Waals surface area contributed by atoms with E-state index in [1.807, 2.05) is 0 Å². The largest absolute Gasteiger partial charge is 0.468 e. The van der Waals surface area contributed by atoms with Crippen LogP contribution in [0.25, 0.3) is 11.0 Å². The minimum atomic E-state index is -1.52. The standard InChI is InChI=1S/C52H61BN2OSi/c1-32-27-43-46-44(28-32)55(36-20-22-37(23-21-36)57(12,13)14)47-38-30-39-40(52(10,11)26-25-51(39,8)9)31-45(38)56-48(47)53(46)41-29-34(50(5,6)7)17-24-42(41)54(43)35-18-15-33(16-19-35)49(2,3)4/h15-24,27-31H,25-26H2,1-14H3. The van der Waals surface area contributed by atoms with E-state index in [2.05, 4.69) is 197 Å². The van der Waals surface area contributed by atoms with Crippen LogP contribution in [-0.2, 0) is 21.7 Å². The van der Waals surface area contributed by atoms with Crippen LogP contribution in [0.1, 0.15) is 110 Å². The average Bonchev–Trinajstić information content (AvgIpc) is 3.50. The summed E-state index contributed by atoms with van der Waals surface area (Å²) >= 11 is 0. The van der Waals surface area contributed by atoms with Gasteiger partial charge < -0.3 is 14.2 Å². The van der Waals surface area contributed by atoms with Gasteiger partial charge in [-0.3, -0.25) is 0 Å². The Hall–Kier alpha value is -4.48. The molecule has 5 heteroatoms. The Labute approximate surface area is 343 Å². The topological polar surface area (TPSA) is 19.6 Å². The number of furan rings is 1. The summed E-state index contributed by atoms with van der Waals surface area (Å²) in [5, 5.41) is 2.68. The van der Waals surface area contributed by atoms with Crippen LogP contribution in [0.4, 0.5) is 34.1 Å². The Morgan fingerprint density at radius 3 is 1.72 bits per heavy atom. The molecule has 0 radical (unpaired) electrons. The highest BCUT2D eigenvalue weighted by Gasteiger charge is 2.48. The van der Waals surface area contributed by atoms with Crippen LogP contribution in [0.5, 0.6) is 0 Å². The SMILES string of the molecule is Cc1cc2c3c(c1)N(c1ccc([Si](C)(C)C)cc1)c1c(oc4cc5c(cc14)C(C)(C)CCC5(C)C)B3c1cc(C(C)(C)C)ccc1N2c1ccc(C(C)(C)C)cc1. The molecule has 0 spiro atoms. The van der Waals surface area contributed by atoms with Crippen molar-refractivity contribution in [2.24, 2.45) is 0 Å². The van der Waals surface area contributed by atoms with Crippen LogP contribution in [0.15, 0.2) is 95.4 Å². The third-order valence-corrected chi connectivity index (χ3v) is 15.7. The van der Waals surface area contributed by atoms with Crippen LogP contribution in [0, 0.1) is 6.92 Å². The summed E-state index contributed by atoms with van der Waals surface area (Å²) in [6.07, 6.45) is 2.34. The van der Waals surface area contributed by atoms with Crippen LogP contribution in [0.3, 0.4) is 0 Å². The third-order valence-electron chi connectivity index (χ3n) is 13.6. The average molecular weight is 769 g/mol. The highest BCUT2D eigenvalue weighted by atomic mass is 28.3. The van der Waals surface area contributed by atoms with E-state index in [1.165, 1.54) is 96.3 Å². The molecule has 0 N–H and O–H groups in total. The van der Waals surface area contributed by atoms with E-state index in [0.29, 0.717) is 0 Å². The van der Waals surface area contributed by atoms with Crippen molar-refractivity contribution in [3.05, 3.63) is 119 Å². The fraction of sp³-hybridized carbons (Fsp3) is 0.385. The van der Waals surface area contributed by atoms with Gasteiger partial charge in [0.05, 0.1) is 19.4 Å². The Morgan fingerprint density at radius 2 is 1.14 bits per heavy atom. The molecule has 0 saturated carbocycles. The molecular formula is C52H61BN2OSi. The van der Waals surface area contributed by atoms with Crippen molar-refractivity contribution in [2.45, 2.75) is 130 Å².